The molecule has 3 rings (SSSR count). The molecule has 0 saturated heterocycles. The number of hydrogen-bond acceptors (Lipinski definition) is 4. The summed E-state index contributed by atoms with van der Waals surface area (Å²) in [6.07, 6.45) is 1.68. The molecule has 4 N–H and O–H groups in total. The molecule has 0 atom stereocenters. The summed E-state index contributed by atoms with van der Waals surface area (Å²) < 4.78 is 0. The number of imidazole rings is 1. The van der Waals surface area contributed by atoms with Gasteiger partial charge in [-0.05, 0) is 6.07 Å². The van der Waals surface area contributed by atoms with Gasteiger partial charge in [-0.15, -0.1) is 0 Å². The van der Waals surface area contributed by atoms with Crippen LogP contribution in [0.25, 0.3) is 22.4 Å². The first kappa shape index (κ1) is 9.80. The number of nitrogens with zero attached hydrogens (tertiary/aromatic N) is 2. The molecule has 0 amide bonds. The van der Waals surface area contributed by atoms with E-state index in [0.29, 0.717) is 5.82 Å². The number of H-pyrrole nitrogens is 1. The van der Waals surface area contributed by atoms with Gasteiger partial charge in [-0.1, -0.05) is 30.3 Å². The fraction of sp³-hybridized carbons (Fsp3) is 0. The highest BCUT2D eigenvalue weighted by Gasteiger charge is 2.08. The van der Waals surface area contributed by atoms with Gasteiger partial charge < -0.3 is 10.4 Å². The number of pyridine rings is 1. The summed E-state index contributed by atoms with van der Waals surface area (Å²) in [6.45, 7) is 0. The van der Waals surface area contributed by atoms with Gasteiger partial charge in [-0.2, -0.15) is 0 Å². The van der Waals surface area contributed by atoms with E-state index in [9.17, 15) is 0 Å². The molecule has 0 aliphatic carbocycles. The van der Waals surface area contributed by atoms with Gasteiger partial charge in [0.05, 0.1) is 5.52 Å². The van der Waals surface area contributed by atoms with Crippen LogP contribution in [0.1, 0.15) is 0 Å². The van der Waals surface area contributed by atoms with E-state index in [1.807, 2.05) is 36.4 Å². The predicted molar refractivity (Wildman–Crippen MR) is 67.1 cm³/mol. The minimum absolute atomic E-state index is 0.570. The van der Waals surface area contributed by atoms with Gasteiger partial charge in [0.2, 0.25) is 0 Å². The second kappa shape index (κ2) is 3.88. The zero-order chi connectivity index (χ0) is 11.7. The summed E-state index contributed by atoms with van der Waals surface area (Å²) in [5.41, 5.74) is 5.23. The molecule has 1 aromatic carbocycles. The normalized spacial score (nSPS) is 10.6. The molecule has 0 aliphatic heterocycles. The highest BCUT2D eigenvalue weighted by molar-refractivity contribution is 5.87. The standard InChI is InChI=1S/C12H11N5/c13-17-12-10-9(6-7-14-12)15-11(16-10)8-4-2-1-3-5-8/h1-7H,13H2,(H,14,17)(H,15,16). The summed E-state index contributed by atoms with van der Waals surface area (Å²) in [5.74, 6) is 6.78. The number of benzene rings is 1. The monoisotopic (exact) mass is 225 g/mol. The van der Waals surface area contributed by atoms with Crippen LogP contribution in [-0.2, 0) is 0 Å². The third-order valence-electron chi connectivity index (χ3n) is 2.58. The first-order valence-electron chi connectivity index (χ1n) is 5.25. The molecule has 2 heterocycles. The van der Waals surface area contributed by atoms with Gasteiger partial charge in [0.1, 0.15) is 11.3 Å². The van der Waals surface area contributed by atoms with Crippen LogP contribution >= 0.6 is 0 Å². The quantitative estimate of drug-likeness (QED) is 0.459. The zero-order valence-corrected chi connectivity index (χ0v) is 9.01. The molecule has 2 aromatic heterocycles. The molecule has 5 nitrogen and oxygen atoms in total. The van der Waals surface area contributed by atoms with Gasteiger partial charge in [-0.3, -0.25) is 0 Å². The summed E-state index contributed by atoms with van der Waals surface area (Å²) in [5, 5.41) is 0. The number of aromatic amines is 1. The van der Waals surface area contributed by atoms with Crippen molar-refractivity contribution in [2.24, 2.45) is 5.84 Å². The maximum atomic E-state index is 5.40. The first-order valence-corrected chi connectivity index (χ1v) is 5.25. The van der Waals surface area contributed by atoms with E-state index < -0.39 is 0 Å². The molecule has 0 spiro atoms. The van der Waals surface area contributed by atoms with Crippen molar-refractivity contribution >= 4 is 16.9 Å². The van der Waals surface area contributed by atoms with Crippen molar-refractivity contribution < 1.29 is 0 Å². The lowest BCUT2D eigenvalue weighted by Gasteiger charge is -1.96. The van der Waals surface area contributed by atoms with E-state index in [2.05, 4.69) is 20.4 Å². The summed E-state index contributed by atoms with van der Waals surface area (Å²) in [6, 6.07) is 11.8. The number of aromatic nitrogens is 3. The predicted octanol–water partition coefficient (Wildman–Crippen LogP) is 1.91. The Bertz CT molecular complexity index is 644. The molecule has 0 radical (unpaired) electrons. The average molecular weight is 225 g/mol. The van der Waals surface area contributed by atoms with E-state index in [4.69, 9.17) is 5.84 Å². The Hall–Kier alpha value is -2.40. The smallest absolute Gasteiger partial charge is 0.168 e. The third-order valence-corrected chi connectivity index (χ3v) is 2.58. The minimum Gasteiger partial charge on any atom is -0.338 e. The van der Waals surface area contributed by atoms with Crippen LogP contribution in [0.15, 0.2) is 42.6 Å². The van der Waals surface area contributed by atoms with Gasteiger partial charge in [0.25, 0.3) is 0 Å². The lowest BCUT2D eigenvalue weighted by atomic mass is 10.2. The fourth-order valence-electron chi connectivity index (χ4n) is 1.77. The Balaban J connectivity index is 2.20. The second-order valence-electron chi connectivity index (χ2n) is 3.65. The highest BCUT2D eigenvalue weighted by atomic mass is 15.3. The van der Waals surface area contributed by atoms with Crippen LogP contribution in [0.3, 0.4) is 0 Å². The number of rotatable bonds is 2. The molecule has 0 unspecified atom stereocenters. The highest BCUT2D eigenvalue weighted by Crippen LogP contribution is 2.23. The molecule has 5 heteroatoms. The number of hydrazine groups is 1. The van der Waals surface area contributed by atoms with Crippen molar-refractivity contribution in [1.82, 2.24) is 15.0 Å². The number of anilines is 1. The van der Waals surface area contributed by atoms with E-state index >= 15 is 0 Å². The Morgan fingerprint density at radius 3 is 2.71 bits per heavy atom. The van der Waals surface area contributed by atoms with Crippen LogP contribution < -0.4 is 11.3 Å². The molecule has 0 saturated carbocycles. The van der Waals surface area contributed by atoms with Crippen molar-refractivity contribution in [2.75, 3.05) is 5.43 Å². The number of nitrogens with one attached hydrogen (secondary N) is 2. The number of fused-ring (bicyclic) bond motifs is 1. The molecule has 84 valence electrons. The van der Waals surface area contributed by atoms with Crippen molar-refractivity contribution in [3.05, 3.63) is 42.6 Å². The van der Waals surface area contributed by atoms with Crippen LogP contribution in [0, 0.1) is 0 Å². The third kappa shape index (κ3) is 1.62. The maximum Gasteiger partial charge on any atom is 0.168 e. The van der Waals surface area contributed by atoms with Crippen molar-refractivity contribution in [1.29, 1.82) is 0 Å². The van der Waals surface area contributed by atoms with E-state index in [1.165, 1.54) is 0 Å². The Labute approximate surface area is 97.7 Å². The largest absolute Gasteiger partial charge is 0.338 e. The van der Waals surface area contributed by atoms with E-state index in [0.717, 1.165) is 22.4 Å². The number of nitrogens with two attached hydrogens (primary N) is 1. The summed E-state index contributed by atoms with van der Waals surface area (Å²) >= 11 is 0. The molecular weight excluding hydrogens is 214 g/mol. The number of hydrogen-bond donors (Lipinski definition) is 3. The van der Waals surface area contributed by atoms with Crippen LogP contribution in [-0.4, -0.2) is 15.0 Å². The topological polar surface area (TPSA) is 79.6 Å². The first-order chi connectivity index (χ1) is 8.38. The van der Waals surface area contributed by atoms with Crippen LogP contribution in [0.5, 0.6) is 0 Å². The van der Waals surface area contributed by atoms with Gasteiger partial charge >= 0.3 is 0 Å². The Morgan fingerprint density at radius 2 is 1.94 bits per heavy atom. The molecule has 0 bridgehead atoms. The van der Waals surface area contributed by atoms with Crippen LogP contribution in [0.4, 0.5) is 5.82 Å². The fourth-order valence-corrected chi connectivity index (χ4v) is 1.77. The van der Waals surface area contributed by atoms with E-state index in [1.54, 1.807) is 6.20 Å². The number of nitrogen functional groups attached to an aromatic ring is 1. The van der Waals surface area contributed by atoms with Gasteiger partial charge in [0.15, 0.2) is 5.82 Å². The Kier molecular flexibility index (Phi) is 2.23. The maximum absolute atomic E-state index is 5.40. The van der Waals surface area contributed by atoms with Gasteiger partial charge in [-0.25, -0.2) is 15.8 Å². The SMILES string of the molecule is NNc1nccc2[nH]c(-c3ccccc3)nc12. The van der Waals surface area contributed by atoms with Crippen molar-refractivity contribution in [3.63, 3.8) is 0 Å². The molecule has 3 aromatic rings. The lowest BCUT2D eigenvalue weighted by Crippen LogP contribution is -2.08. The van der Waals surface area contributed by atoms with Gasteiger partial charge in [0, 0.05) is 11.8 Å². The lowest BCUT2D eigenvalue weighted by molar-refractivity contribution is 1.24. The molecule has 0 aliphatic rings. The Morgan fingerprint density at radius 1 is 1.12 bits per heavy atom. The minimum atomic E-state index is 0.570. The van der Waals surface area contributed by atoms with Crippen LogP contribution in [0.2, 0.25) is 0 Å². The molecular formula is C12H11N5. The van der Waals surface area contributed by atoms with Crippen molar-refractivity contribution in [3.8, 4) is 11.4 Å². The second-order valence-corrected chi connectivity index (χ2v) is 3.65. The molecule has 17 heavy (non-hydrogen) atoms. The van der Waals surface area contributed by atoms with Crippen molar-refractivity contribution in [2.45, 2.75) is 0 Å². The average Bonchev–Trinajstić information content (AvgIpc) is 2.83. The molecule has 0 fully saturated rings. The zero-order valence-electron chi connectivity index (χ0n) is 9.01. The summed E-state index contributed by atoms with van der Waals surface area (Å²) in [7, 11) is 0. The summed E-state index contributed by atoms with van der Waals surface area (Å²) in [4.78, 5) is 11.8. The van der Waals surface area contributed by atoms with E-state index in [-0.39, 0.29) is 0 Å².